The number of rotatable bonds is 3. The maximum Gasteiger partial charge on any atom is 0.407 e. The van der Waals surface area contributed by atoms with Crippen molar-refractivity contribution < 1.29 is 14.6 Å². The van der Waals surface area contributed by atoms with Gasteiger partial charge in [0, 0.05) is 39.8 Å². The average molecular weight is 188 g/mol. The lowest BCUT2D eigenvalue weighted by Crippen LogP contribution is -2.48. The topological polar surface area (TPSA) is 53.0 Å². The quantitative estimate of drug-likeness (QED) is 0.673. The largest absolute Gasteiger partial charge is 0.465 e. The molecule has 0 unspecified atom stereocenters. The van der Waals surface area contributed by atoms with E-state index in [-0.39, 0.29) is 0 Å². The molecule has 0 aromatic heterocycles. The Morgan fingerprint density at radius 1 is 1.38 bits per heavy atom. The third kappa shape index (κ3) is 3.20. The number of hydrogen-bond donors (Lipinski definition) is 1. The van der Waals surface area contributed by atoms with E-state index in [4.69, 9.17) is 9.84 Å². The van der Waals surface area contributed by atoms with Crippen LogP contribution in [0, 0.1) is 0 Å². The predicted octanol–water partition coefficient (Wildman–Crippen LogP) is -0.0716. The van der Waals surface area contributed by atoms with Crippen LogP contribution in [-0.4, -0.2) is 67.4 Å². The fraction of sp³-hybridized carbons (Fsp3) is 0.875. The van der Waals surface area contributed by atoms with Crippen molar-refractivity contribution in [2.45, 2.75) is 0 Å². The van der Waals surface area contributed by atoms with Crippen LogP contribution in [0.25, 0.3) is 0 Å². The summed E-state index contributed by atoms with van der Waals surface area (Å²) in [7, 11) is 1.67. The summed E-state index contributed by atoms with van der Waals surface area (Å²) in [5.41, 5.74) is 0. The lowest BCUT2D eigenvalue weighted by molar-refractivity contribution is 0.0877. The number of hydrogen-bond acceptors (Lipinski definition) is 3. The van der Waals surface area contributed by atoms with Crippen molar-refractivity contribution in [1.82, 2.24) is 9.80 Å². The fourth-order valence-electron chi connectivity index (χ4n) is 1.38. The molecule has 13 heavy (non-hydrogen) atoms. The molecule has 1 saturated heterocycles. The van der Waals surface area contributed by atoms with E-state index in [9.17, 15) is 4.79 Å². The lowest BCUT2D eigenvalue weighted by atomic mass is 10.3. The minimum absolute atomic E-state index is 0.610. The van der Waals surface area contributed by atoms with Gasteiger partial charge in [0.05, 0.1) is 6.61 Å². The molecule has 0 aliphatic carbocycles. The summed E-state index contributed by atoms with van der Waals surface area (Å²) in [5, 5.41) is 8.68. The maximum atomic E-state index is 10.6. The van der Waals surface area contributed by atoms with Crippen LogP contribution in [0.2, 0.25) is 0 Å². The van der Waals surface area contributed by atoms with E-state index in [1.807, 2.05) is 0 Å². The van der Waals surface area contributed by atoms with Gasteiger partial charge in [0.25, 0.3) is 0 Å². The molecule has 0 saturated carbocycles. The minimum Gasteiger partial charge on any atom is -0.465 e. The Balaban J connectivity index is 2.18. The highest BCUT2D eigenvalue weighted by Gasteiger charge is 2.19. The third-order valence-corrected chi connectivity index (χ3v) is 2.25. The van der Waals surface area contributed by atoms with Crippen molar-refractivity contribution in [3.63, 3.8) is 0 Å². The molecule has 1 heterocycles. The number of carbonyl (C=O) groups is 1. The normalized spacial score (nSPS) is 19.0. The second-order valence-corrected chi connectivity index (χ2v) is 3.10. The van der Waals surface area contributed by atoms with Crippen molar-refractivity contribution in [1.29, 1.82) is 0 Å². The molecule has 76 valence electrons. The molecular weight excluding hydrogens is 172 g/mol. The van der Waals surface area contributed by atoms with Crippen molar-refractivity contribution >= 4 is 6.09 Å². The number of nitrogens with zero attached hydrogens (tertiary/aromatic N) is 2. The van der Waals surface area contributed by atoms with Crippen LogP contribution in [0.15, 0.2) is 0 Å². The van der Waals surface area contributed by atoms with Gasteiger partial charge in [0.2, 0.25) is 0 Å². The first-order chi connectivity index (χ1) is 6.24. The first-order valence-electron chi connectivity index (χ1n) is 4.43. The van der Waals surface area contributed by atoms with Crippen molar-refractivity contribution in [3.05, 3.63) is 0 Å². The second-order valence-electron chi connectivity index (χ2n) is 3.10. The van der Waals surface area contributed by atoms with Gasteiger partial charge in [-0.05, 0) is 0 Å². The first-order valence-corrected chi connectivity index (χ1v) is 4.43. The molecule has 0 atom stereocenters. The summed E-state index contributed by atoms with van der Waals surface area (Å²) in [6, 6.07) is 0. The van der Waals surface area contributed by atoms with Gasteiger partial charge in [0.1, 0.15) is 0 Å². The monoisotopic (exact) mass is 188 g/mol. The molecule has 5 nitrogen and oxygen atoms in total. The number of ether oxygens (including phenoxy) is 1. The molecule has 1 fully saturated rings. The van der Waals surface area contributed by atoms with Gasteiger partial charge >= 0.3 is 6.09 Å². The number of carboxylic acid groups (broad SMARTS) is 1. The van der Waals surface area contributed by atoms with E-state index in [0.29, 0.717) is 19.7 Å². The van der Waals surface area contributed by atoms with Gasteiger partial charge in [-0.25, -0.2) is 4.79 Å². The Bertz CT molecular complexity index is 167. The highest BCUT2D eigenvalue weighted by molar-refractivity contribution is 5.65. The Hall–Kier alpha value is -0.810. The van der Waals surface area contributed by atoms with Crippen molar-refractivity contribution in [3.8, 4) is 0 Å². The zero-order valence-corrected chi connectivity index (χ0v) is 7.90. The van der Waals surface area contributed by atoms with Gasteiger partial charge in [-0.3, -0.25) is 4.90 Å². The summed E-state index contributed by atoms with van der Waals surface area (Å²) in [4.78, 5) is 14.2. The third-order valence-electron chi connectivity index (χ3n) is 2.25. The van der Waals surface area contributed by atoms with E-state index < -0.39 is 6.09 Å². The Labute approximate surface area is 77.9 Å². The Kier molecular flexibility index (Phi) is 3.98. The minimum atomic E-state index is -0.814. The van der Waals surface area contributed by atoms with Gasteiger partial charge in [0.15, 0.2) is 0 Å². The van der Waals surface area contributed by atoms with Crippen LogP contribution in [0.3, 0.4) is 0 Å². The molecule has 0 bridgehead atoms. The van der Waals surface area contributed by atoms with Gasteiger partial charge < -0.3 is 14.7 Å². The predicted molar refractivity (Wildman–Crippen MR) is 47.9 cm³/mol. The molecule has 5 heteroatoms. The number of methoxy groups -OCH3 is 1. The molecule has 1 aliphatic heterocycles. The summed E-state index contributed by atoms with van der Waals surface area (Å²) in [5.74, 6) is 0. The first kappa shape index (κ1) is 10.3. The fourth-order valence-corrected chi connectivity index (χ4v) is 1.38. The van der Waals surface area contributed by atoms with Crippen LogP contribution in [0.4, 0.5) is 4.79 Å². The molecule has 1 aliphatic rings. The molecule has 1 N–H and O–H groups in total. The number of amides is 1. The van der Waals surface area contributed by atoms with Gasteiger partial charge in [-0.2, -0.15) is 0 Å². The van der Waals surface area contributed by atoms with E-state index in [0.717, 1.165) is 19.6 Å². The highest BCUT2D eigenvalue weighted by atomic mass is 16.5. The van der Waals surface area contributed by atoms with E-state index in [1.165, 1.54) is 4.90 Å². The van der Waals surface area contributed by atoms with Crippen LogP contribution in [0.5, 0.6) is 0 Å². The second kappa shape index (κ2) is 5.04. The zero-order valence-electron chi connectivity index (χ0n) is 7.90. The lowest BCUT2D eigenvalue weighted by Gasteiger charge is -2.32. The molecule has 1 amide bonds. The molecule has 0 aromatic carbocycles. The van der Waals surface area contributed by atoms with Crippen LogP contribution >= 0.6 is 0 Å². The van der Waals surface area contributed by atoms with Crippen molar-refractivity contribution in [2.75, 3.05) is 46.4 Å². The zero-order chi connectivity index (χ0) is 9.68. The Morgan fingerprint density at radius 2 is 2.00 bits per heavy atom. The Morgan fingerprint density at radius 3 is 2.46 bits per heavy atom. The SMILES string of the molecule is COCCN1CCN(C(=O)O)CC1. The average Bonchev–Trinajstić information content (AvgIpc) is 2.15. The standard InChI is InChI=1S/C8H16N2O3/c1-13-7-6-9-2-4-10(5-3-9)8(11)12/h2-7H2,1H3,(H,11,12). The molecule has 0 radical (unpaired) electrons. The maximum absolute atomic E-state index is 10.6. The van der Waals surface area contributed by atoms with E-state index in [1.54, 1.807) is 7.11 Å². The summed E-state index contributed by atoms with van der Waals surface area (Å²) in [6.07, 6.45) is -0.814. The van der Waals surface area contributed by atoms with E-state index in [2.05, 4.69) is 4.90 Å². The van der Waals surface area contributed by atoms with E-state index >= 15 is 0 Å². The summed E-state index contributed by atoms with van der Waals surface area (Å²) in [6.45, 7) is 4.46. The van der Waals surface area contributed by atoms with Crippen LogP contribution in [-0.2, 0) is 4.74 Å². The molecular formula is C8H16N2O3. The van der Waals surface area contributed by atoms with Gasteiger partial charge in [-0.15, -0.1) is 0 Å². The molecule has 0 spiro atoms. The number of piperazine rings is 1. The van der Waals surface area contributed by atoms with Crippen molar-refractivity contribution in [2.24, 2.45) is 0 Å². The van der Waals surface area contributed by atoms with Crippen LogP contribution in [0.1, 0.15) is 0 Å². The van der Waals surface area contributed by atoms with Crippen LogP contribution < -0.4 is 0 Å². The molecule has 0 aromatic rings. The summed E-state index contributed by atoms with van der Waals surface area (Å²) >= 11 is 0. The molecule has 1 rings (SSSR count). The highest BCUT2D eigenvalue weighted by Crippen LogP contribution is 2.00. The summed E-state index contributed by atoms with van der Waals surface area (Å²) < 4.78 is 4.95. The smallest absolute Gasteiger partial charge is 0.407 e. The van der Waals surface area contributed by atoms with Gasteiger partial charge in [-0.1, -0.05) is 0 Å².